The monoisotopic (exact) mass is 349 g/mol. The zero-order chi connectivity index (χ0) is 11.2. The molecule has 1 nitrogen and oxygen atoms in total. The topological polar surface area (TPSA) is 4.93 Å². The van der Waals surface area contributed by atoms with Crippen molar-refractivity contribution in [2.45, 2.75) is 19.6 Å². The van der Waals surface area contributed by atoms with Gasteiger partial charge in [0, 0.05) is 20.7 Å². The standard InChI is InChI=1S/C11H13ClINSi/c1-15(2,3)14-7-9(13)11-8(12)5-4-6-10(11)14/h4-7H,1-3H3. The smallest absolute Gasteiger partial charge is 0.152 e. The van der Waals surface area contributed by atoms with Gasteiger partial charge in [-0.25, -0.2) is 0 Å². The summed E-state index contributed by atoms with van der Waals surface area (Å²) in [4.78, 5) is 0. The third-order valence-corrected chi connectivity index (χ3v) is 5.40. The van der Waals surface area contributed by atoms with E-state index in [2.05, 4.69) is 58.7 Å². The van der Waals surface area contributed by atoms with Gasteiger partial charge in [0.25, 0.3) is 0 Å². The Morgan fingerprint density at radius 2 is 1.93 bits per heavy atom. The summed E-state index contributed by atoms with van der Waals surface area (Å²) in [6.45, 7) is 7.01. The highest BCUT2D eigenvalue weighted by Crippen LogP contribution is 2.31. The van der Waals surface area contributed by atoms with Crippen molar-refractivity contribution in [3.8, 4) is 0 Å². The van der Waals surface area contributed by atoms with Gasteiger partial charge in [0.1, 0.15) is 0 Å². The molecule has 80 valence electrons. The average molecular weight is 350 g/mol. The van der Waals surface area contributed by atoms with Gasteiger partial charge in [-0.3, -0.25) is 0 Å². The molecule has 1 heterocycles. The van der Waals surface area contributed by atoms with Gasteiger partial charge in [0.15, 0.2) is 8.24 Å². The Kier molecular flexibility index (Phi) is 2.90. The molecule has 0 fully saturated rings. The Morgan fingerprint density at radius 1 is 1.27 bits per heavy atom. The number of nitrogens with zero attached hydrogens (tertiary/aromatic N) is 1. The third-order valence-electron chi connectivity index (χ3n) is 2.46. The summed E-state index contributed by atoms with van der Waals surface area (Å²) in [6, 6.07) is 6.14. The predicted octanol–water partition coefficient (Wildman–Crippen LogP) is 4.58. The zero-order valence-corrected chi connectivity index (χ0v) is 12.9. The number of benzene rings is 1. The number of hydrogen-bond donors (Lipinski definition) is 0. The highest BCUT2D eigenvalue weighted by atomic mass is 127. The molecule has 0 aliphatic rings. The van der Waals surface area contributed by atoms with Crippen molar-refractivity contribution in [2.75, 3.05) is 0 Å². The van der Waals surface area contributed by atoms with Crippen LogP contribution >= 0.6 is 34.2 Å². The number of aromatic nitrogens is 1. The Morgan fingerprint density at radius 3 is 2.53 bits per heavy atom. The quantitative estimate of drug-likeness (QED) is 0.524. The molecule has 0 atom stereocenters. The largest absolute Gasteiger partial charge is 0.374 e. The minimum absolute atomic E-state index is 0.855. The first kappa shape index (κ1) is 11.5. The van der Waals surface area contributed by atoms with Crippen LogP contribution in [-0.4, -0.2) is 12.5 Å². The maximum absolute atomic E-state index is 6.22. The molecule has 0 amide bonds. The lowest BCUT2D eigenvalue weighted by molar-refractivity contribution is 1.20. The summed E-state index contributed by atoms with van der Waals surface area (Å²) < 4.78 is 3.66. The summed E-state index contributed by atoms with van der Waals surface area (Å²) in [6.07, 6.45) is 2.23. The summed E-state index contributed by atoms with van der Waals surface area (Å²) in [7, 11) is -1.35. The normalized spacial score (nSPS) is 12.3. The molecule has 1 aromatic carbocycles. The van der Waals surface area contributed by atoms with E-state index in [9.17, 15) is 0 Å². The van der Waals surface area contributed by atoms with Crippen LogP contribution in [0.4, 0.5) is 0 Å². The maximum Gasteiger partial charge on any atom is 0.152 e. The van der Waals surface area contributed by atoms with Gasteiger partial charge in [-0.05, 0) is 34.7 Å². The van der Waals surface area contributed by atoms with Crippen molar-refractivity contribution in [3.63, 3.8) is 0 Å². The van der Waals surface area contributed by atoms with E-state index < -0.39 is 8.24 Å². The highest BCUT2D eigenvalue weighted by Gasteiger charge is 2.20. The van der Waals surface area contributed by atoms with E-state index in [1.54, 1.807) is 0 Å². The lowest BCUT2D eigenvalue weighted by Gasteiger charge is -2.19. The van der Waals surface area contributed by atoms with Crippen LogP contribution in [0.2, 0.25) is 24.7 Å². The first-order valence-corrected chi connectivity index (χ1v) is 9.77. The Balaban J connectivity index is 2.85. The average Bonchev–Trinajstić information content (AvgIpc) is 2.44. The Labute approximate surface area is 110 Å². The van der Waals surface area contributed by atoms with Gasteiger partial charge < -0.3 is 4.23 Å². The third kappa shape index (κ3) is 1.97. The first-order chi connectivity index (χ1) is 6.91. The fourth-order valence-corrected chi connectivity index (χ4v) is 4.72. The van der Waals surface area contributed by atoms with E-state index in [-0.39, 0.29) is 0 Å². The van der Waals surface area contributed by atoms with Crippen LogP contribution in [0.3, 0.4) is 0 Å². The van der Waals surface area contributed by atoms with E-state index in [1.807, 2.05) is 12.1 Å². The minimum Gasteiger partial charge on any atom is -0.374 e. The maximum atomic E-state index is 6.22. The van der Waals surface area contributed by atoms with Crippen molar-refractivity contribution >= 4 is 53.3 Å². The lowest BCUT2D eigenvalue weighted by atomic mass is 10.2. The second-order valence-electron chi connectivity index (χ2n) is 4.65. The number of rotatable bonds is 1. The van der Waals surface area contributed by atoms with Gasteiger partial charge in [0.05, 0.1) is 5.02 Å². The van der Waals surface area contributed by atoms with Gasteiger partial charge >= 0.3 is 0 Å². The molecule has 1 aromatic heterocycles. The van der Waals surface area contributed by atoms with Crippen molar-refractivity contribution in [1.82, 2.24) is 4.23 Å². The molecule has 0 aliphatic carbocycles. The molecular formula is C11H13ClINSi. The molecular weight excluding hydrogens is 337 g/mol. The van der Waals surface area contributed by atoms with Gasteiger partial charge in [-0.1, -0.05) is 37.3 Å². The molecule has 0 aliphatic heterocycles. The second-order valence-corrected chi connectivity index (χ2v) is 11.0. The molecule has 2 aromatic rings. The fourth-order valence-electron chi connectivity index (χ4n) is 1.75. The predicted molar refractivity (Wildman–Crippen MR) is 78.4 cm³/mol. The number of fused-ring (bicyclic) bond motifs is 1. The van der Waals surface area contributed by atoms with E-state index in [0.29, 0.717) is 0 Å². The molecule has 4 heteroatoms. The Hall–Kier alpha value is -0.00312. The van der Waals surface area contributed by atoms with Crippen molar-refractivity contribution in [1.29, 1.82) is 0 Å². The van der Waals surface area contributed by atoms with Crippen molar-refractivity contribution in [3.05, 3.63) is 33.0 Å². The second kappa shape index (κ2) is 3.78. The molecule has 15 heavy (non-hydrogen) atoms. The summed E-state index contributed by atoms with van der Waals surface area (Å²) in [5, 5.41) is 2.05. The van der Waals surface area contributed by atoms with Crippen LogP contribution in [0, 0.1) is 3.57 Å². The number of halogens is 2. The molecule has 0 N–H and O–H groups in total. The van der Waals surface area contributed by atoms with Crippen LogP contribution in [0.25, 0.3) is 10.9 Å². The number of hydrogen-bond acceptors (Lipinski definition) is 0. The van der Waals surface area contributed by atoms with Crippen LogP contribution in [0.1, 0.15) is 0 Å². The highest BCUT2D eigenvalue weighted by molar-refractivity contribution is 14.1. The van der Waals surface area contributed by atoms with Gasteiger partial charge in [-0.15, -0.1) is 0 Å². The van der Waals surface area contributed by atoms with Crippen molar-refractivity contribution < 1.29 is 0 Å². The van der Waals surface area contributed by atoms with E-state index >= 15 is 0 Å². The van der Waals surface area contributed by atoms with Crippen LogP contribution < -0.4 is 0 Å². The lowest BCUT2D eigenvalue weighted by Crippen LogP contribution is -2.30. The van der Waals surface area contributed by atoms with Gasteiger partial charge in [0.2, 0.25) is 0 Å². The van der Waals surface area contributed by atoms with Crippen LogP contribution in [-0.2, 0) is 0 Å². The molecule has 0 saturated heterocycles. The van der Waals surface area contributed by atoms with Crippen molar-refractivity contribution in [2.24, 2.45) is 0 Å². The Bertz CT molecular complexity index is 513. The molecule has 0 radical (unpaired) electrons. The summed E-state index contributed by atoms with van der Waals surface area (Å²) in [5.41, 5.74) is 1.27. The van der Waals surface area contributed by atoms with E-state index in [0.717, 1.165) is 5.02 Å². The van der Waals surface area contributed by atoms with Crippen LogP contribution in [0.15, 0.2) is 24.4 Å². The minimum atomic E-state index is -1.35. The zero-order valence-electron chi connectivity index (χ0n) is 9.01. The molecule has 2 rings (SSSR count). The van der Waals surface area contributed by atoms with Crippen LogP contribution in [0.5, 0.6) is 0 Å². The summed E-state index contributed by atoms with van der Waals surface area (Å²) >= 11 is 8.58. The molecule has 0 saturated carbocycles. The molecule has 0 unspecified atom stereocenters. The summed E-state index contributed by atoms with van der Waals surface area (Å²) in [5.74, 6) is 0. The van der Waals surface area contributed by atoms with E-state index in [1.165, 1.54) is 14.5 Å². The van der Waals surface area contributed by atoms with E-state index in [4.69, 9.17) is 11.6 Å². The SMILES string of the molecule is C[Si](C)(C)n1cc(I)c2c(Cl)cccc21. The van der Waals surface area contributed by atoms with Gasteiger partial charge in [-0.2, -0.15) is 0 Å². The first-order valence-electron chi connectivity index (χ1n) is 4.87. The molecule has 0 bridgehead atoms. The fraction of sp³-hybridized carbons (Fsp3) is 0.273. The molecule has 0 spiro atoms.